The highest BCUT2D eigenvalue weighted by Gasteiger charge is 2.53. The van der Waals surface area contributed by atoms with E-state index < -0.39 is 0 Å². The van der Waals surface area contributed by atoms with Crippen molar-refractivity contribution in [1.29, 1.82) is 0 Å². The van der Waals surface area contributed by atoms with Crippen molar-refractivity contribution in [3.8, 4) is 10.6 Å². The minimum absolute atomic E-state index is 0.128. The van der Waals surface area contributed by atoms with Crippen LogP contribution in [0.25, 0.3) is 10.6 Å². The average molecular weight is 381 g/mol. The maximum atomic E-state index is 12.7. The van der Waals surface area contributed by atoms with Crippen LogP contribution < -0.4 is 5.32 Å². The van der Waals surface area contributed by atoms with Gasteiger partial charge in [0.05, 0.1) is 12.1 Å². The first-order valence-electron chi connectivity index (χ1n) is 10.4. The molecule has 0 unspecified atom stereocenters. The van der Waals surface area contributed by atoms with Crippen molar-refractivity contribution < 1.29 is 4.79 Å². The second-order valence-corrected chi connectivity index (χ2v) is 10.1. The standard InChI is InChI=1S/C23H28N2OS/c1-15(23-11-16-7-17(12-23)9-18(8-16)13-23)24-21(26)10-20-14-27-22(25-20)19-5-3-2-4-6-19/h2-6,14-18H,7-13H2,1H3,(H,24,26)/t15-,16?,17?,18?,23?/m0/s1. The van der Waals surface area contributed by atoms with Gasteiger partial charge >= 0.3 is 0 Å². The fourth-order valence-corrected chi connectivity index (χ4v) is 7.25. The van der Waals surface area contributed by atoms with Crippen molar-refractivity contribution in [1.82, 2.24) is 10.3 Å². The molecule has 27 heavy (non-hydrogen) atoms. The molecule has 1 heterocycles. The summed E-state index contributed by atoms with van der Waals surface area (Å²) in [6.45, 7) is 2.25. The lowest BCUT2D eigenvalue weighted by Gasteiger charge is -2.59. The summed E-state index contributed by atoms with van der Waals surface area (Å²) in [5.41, 5.74) is 2.37. The number of carbonyl (C=O) groups excluding carboxylic acids is 1. The minimum atomic E-state index is 0.128. The van der Waals surface area contributed by atoms with Gasteiger partial charge in [0.15, 0.2) is 0 Å². The molecule has 4 aliphatic carbocycles. The third-order valence-corrected chi connectivity index (χ3v) is 8.24. The summed E-state index contributed by atoms with van der Waals surface area (Å²) >= 11 is 1.62. The highest BCUT2D eigenvalue weighted by atomic mass is 32.1. The van der Waals surface area contributed by atoms with Crippen LogP contribution in [0.1, 0.15) is 51.1 Å². The van der Waals surface area contributed by atoms with E-state index in [2.05, 4.69) is 29.4 Å². The Morgan fingerprint density at radius 1 is 1.15 bits per heavy atom. The number of thiazole rings is 1. The Morgan fingerprint density at radius 3 is 2.41 bits per heavy atom. The Morgan fingerprint density at radius 2 is 1.78 bits per heavy atom. The largest absolute Gasteiger partial charge is 0.353 e. The van der Waals surface area contributed by atoms with E-state index in [1.807, 2.05) is 23.6 Å². The molecule has 0 saturated heterocycles. The molecule has 1 aromatic carbocycles. The molecule has 4 heteroatoms. The molecule has 142 valence electrons. The molecule has 0 radical (unpaired) electrons. The summed E-state index contributed by atoms with van der Waals surface area (Å²) in [5.74, 6) is 2.89. The zero-order valence-corrected chi connectivity index (χ0v) is 16.8. The van der Waals surface area contributed by atoms with E-state index in [1.54, 1.807) is 11.3 Å². The molecule has 1 amide bonds. The molecule has 0 aliphatic heterocycles. The normalized spacial score (nSPS) is 32.4. The van der Waals surface area contributed by atoms with E-state index in [9.17, 15) is 4.79 Å². The van der Waals surface area contributed by atoms with Crippen LogP contribution in [-0.2, 0) is 11.2 Å². The fourth-order valence-electron chi connectivity index (χ4n) is 6.42. The second kappa shape index (κ2) is 6.73. The average Bonchev–Trinajstić information content (AvgIpc) is 3.09. The number of hydrogen-bond donors (Lipinski definition) is 1. The van der Waals surface area contributed by atoms with E-state index in [-0.39, 0.29) is 11.9 Å². The molecule has 3 nitrogen and oxygen atoms in total. The van der Waals surface area contributed by atoms with Gasteiger partial charge in [0.25, 0.3) is 0 Å². The highest BCUT2D eigenvalue weighted by Crippen LogP contribution is 2.61. The van der Waals surface area contributed by atoms with Crippen LogP contribution in [0.15, 0.2) is 35.7 Å². The summed E-state index contributed by atoms with van der Waals surface area (Å²) < 4.78 is 0. The van der Waals surface area contributed by atoms with Crippen LogP contribution in [-0.4, -0.2) is 16.9 Å². The summed E-state index contributed by atoms with van der Waals surface area (Å²) in [6.07, 6.45) is 8.71. The fraction of sp³-hybridized carbons (Fsp3) is 0.565. The number of nitrogens with zero attached hydrogens (tertiary/aromatic N) is 1. The SMILES string of the molecule is C[C@H](NC(=O)Cc1csc(-c2ccccc2)n1)C12CC3CC(CC(C3)C1)C2. The van der Waals surface area contributed by atoms with Crippen molar-refractivity contribution in [2.45, 2.75) is 57.9 Å². The van der Waals surface area contributed by atoms with Crippen LogP contribution in [0.5, 0.6) is 0 Å². The van der Waals surface area contributed by atoms with Gasteiger partial charge < -0.3 is 5.32 Å². The molecule has 4 saturated carbocycles. The molecule has 1 atom stereocenters. The smallest absolute Gasteiger partial charge is 0.226 e. The topological polar surface area (TPSA) is 42.0 Å². The quantitative estimate of drug-likeness (QED) is 0.786. The van der Waals surface area contributed by atoms with Gasteiger partial charge in [-0.2, -0.15) is 0 Å². The zero-order chi connectivity index (χ0) is 18.4. The number of nitrogens with one attached hydrogen (secondary N) is 1. The van der Waals surface area contributed by atoms with Gasteiger partial charge in [0.1, 0.15) is 5.01 Å². The van der Waals surface area contributed by atoms with Crippen LogP contribution in [0.2, 0.25) is 0 Å². The third-order valence-electron chi connectivity index (χ3n) is 7.30. The van der Waals surface area contributed by atoms with Crippen LogP contribution in [0.4, 0.5) is 0 Å². The summed E-state index contributed by atoms with van der Waals surface area (Å²) in [7, 11) is 0. The van der Waals surface area contributed by atoms with E-state index in [1.165, 1.54) is 38.5 Å². The Kier molecular flexibility index (Phi) is 4.34. The van der Waals surface area contributed by atoms with Gasteiger partial charge in [-0.05, 0) is 68.6 Å². The zero-order valence-electron chi connectivity index (χ0n) is 16.0. The first kappa shape index (κ1) is 17.4. The van der Waals surface area contributed by atoms with Gasteiger partial charge in [-0.15, -0.1) is 11.3 Å². The lowest BCUT2D eigenvalue weighted by atomic mass is 9.48. The lowest BCUT2D eigenvalue weighted by Crippen LogP contribution is -2.56. The Balaban J connectivity index is 1.23. The molecule has 1 aromatic heterocycles. The summed E-state index contributed by atoms with van der Waals surface area (Å²) in [6, 6.07) is 10.5. The van der Waals surface area contributed by atoms with Crippen molar-refractivity contribution in [2.24, 2.45) is 23.2 Å². The number of rotatable bonds is 5. The maximum Gasteiger partial charge on any atom is 0.226 e. The number of amides is 1. The van der Waals surface area contributed by atoms with E-state index in [0.717, 1.165) is 34.0 Å². The number of aromatic nitrogens is 1. The van der Waals surface area contributed by atoms with Gasteiger partial charge in [-0.1, -0.05) is 30.3 Å². The minimum Gasteiger partial charge on any atom is -0.353 e. The molecule has 0 spiro atoms. The molecule has 6 rings (SSSR count). The van der Waals surface area contributed by atoms with Gasteiger partial charge in [0, 0.05) is 17.0 Å². The van der Waals surface area contributed by atoms with E-state index in [4.69, 9.17) is 0 Å². The Hall–Kier alpha value is -1.68. The van der Waals surface area contributed by atoms with E-state index in [0.29, 0.717) is 11.8 Å². The molecule has 1 N–H and O–H groups in total. The van der Waals surface area contributed by atoms with Gasteiger partial charge in [-0.3, -0.25) is 4.79 Å². The van der Waals surface area contributed by atoms with Crippen molar-refractivity contribution >= 4 is 17.2 Å². The highest BCUT2D eigenvalue weighted by molar-refractivity contribution is 7.13. The molecule has 4 aliphatic rings. The molecule has 2 aromatic rings. The van der Waals surface area contributed by atoms with E-state index >= 15 is 0 Å². The third kappa shape index (κ3) is 3.33. The van der Waals surface area contributed by atoms with Crippen LogP contribution in [0.3, 0.4) is 0 Å². The summed E-state index contributed by atoms with van der Waals surface area (Å²) in [5, 5.41) is 6.38. The Labute approximate surface area is 165 Å². The maximum absolute atomic E-state index is 12.7. The predicted molar refractivity (Wildman–Crippen MR) is 109 cm³/mol. The lowest BCUT2D eigenvalue weighted by molar-refractivity contribution is -0.125. The number of hydrogen-bond acceptors (Lipinski definition) is 3. The Bertz CT molecular complexity index is 793. The van der Waals surface area contributed by atoms with Crippen molar-refractivity contribution in [3.63, 3.8) is 0 Å². The molecule has 4 bridgehead atoms. The first-order chi connectivity index (χ1) is 13.1. The second-order valence-electron chi connectivity index (χ2n) is 9.26. The monoisotopic (exact) mass is 380 g/mol. The van der Waals surface area contributed by atoms with Gasteiger partial charge in [0.2, 0.25) is 5.91 Å². The summed E-state index contributed by atoms with van der Waals surface area (Å²) in [4.78, 5) is 17.4. The van der Waals surface area contributed by atoms with Gasteiger partial charge in [-0.25, -0.2) is 4.98 Å². The first-order valence-corrected chi connectivity index (χ1v) is 11.3. The molecule has 4 fully saturated rings. The predicted octanol–water partition coefficient (Wildman–Crippen LogP) is 5.07. The van der Waals surface area contributed by atoms with Crippen molar-refractivity contribution in [3.05, 3.63) is 41.4 Å². The van der Waals surface area contributed by atoms with Crippen molar-refractivity contribution in [2.75, 3.05) is 0 Å². The van der Waals surface area contributed by atoms with Crippen LogP contribution in [0, 0.1) is 23.2 Å². The number of carbonyl (C=O) groups is 1. The molecular formula is C23H28N2OS. The number of benzene rings is 1. The van der Waals surface area contributed by atoms with Crippen LogP contribution >= 0.6 is 11.3 Å². The molecular weight excluding hydrogens is 352 g/mol.